The van der Waals surface area contributed by atoms with Gasteiger partial charge < -0.3 is 10.4 Å². The molecule has 2 rings (SSSR count). The van der Waals surface area contributed by atoms with Gasteiger partial charge in [0.25, 0.3) is 5.91 Å². The molecule has 0 radical (unpaired) electrons. The standard InChI is InChI=1S/C16H23NO2/c1-10-4-6-14(9-11(10)2)17-16(19)13-5-7-15(18)12(3)8-13/h5,7-8,10-11,14,18H,4,6,9H2,1-3H3,(H,17,19). The van der Waals surface area contributed by atoms with E-state index in [2.05, 4.69) is 19.2 Å². The summed E-state index contributed by atoms with van der Waals surface area (Å²) < 4.78 is 0. The normalized spacial score (nSPS) is 27.0. The van der Waals surface area contributed by atoms with Crippen molar-refractivity contribution in [3.8, 4) is 5.75 Å². The van der Waals surface area contributed by atoms with Crippen molar-refractivity contribution in [2.45, 2.75) is 46.1 Å². The Morgan fingerprint density at radius 1 is 1.26 bits per heavy atom. The lowest BCUT2D eigenvalue weighted by Gasteiger charge is -2.32. The van der Waals surface area contributed by atoms with Crippen LogP contribution in [-0.2, 0) is 0 Å². The molecule has 0 saturated heterocycles. The van der Waals surface area contributed by atoms with Crippen LogP contribution < -0.4 is 5.32 Å². The molecular formula is C16H23NO2. The van der Waals surface area contributed by atoms with Crippen LogP contribution in [0, 0.1) is 18.8 Å². The van der Waals surface area contributed by atoms with Gasteiger partial charge in [-0.1, -0.05) is 13.8 Å². The maximum Gasteiger partial charge on any atom is 0.251 e. The molecule has 0 aliphatic heterocycles. The van der Waals surface area contributed by atoms with Crippen LogP contribution in [0.1, 0.15) is 49.0 Å². The predicted molar refractivity (Wildman–Crippen MR) is 76.3 cm³/mol. The second-order valence-corrected chi connectivity index (χ2v) is 5.94. The second kappa shape index (κ2) is 5.64. The van der Waals surface area contributed by atoms with E-state index in [4.69, 9.17) is 0 Å². The molecule has 1 aromatic rings. The van der Waals surface area contributed by atoms with Gasteiger partial charge >= 0.3 is 0 Å². The smallest absolute Gasteiger partial charge is 0.251 e. The number of aromatic hydroxyl groups is 1. The third kappa shape index (κ3) is 3.28. The number of carbonyl (C=O) groups excluding carboxylic acids is 1. The molecule has 0 aromatic heterocycles. The van der Waals surface area contributed by atoms with Crippen molar-refractivity contribution in [2.75, 3.05) is 0 Å². The summed E-state index contributed by atoms with van der Waals surface area (Å²) in [5, 5.41) is 12.6. The number of nitrogens with one attached hydrogen (secondary N) is 1. The number of amides is 1. The van der Waals surface area contributed by atoms with E-state index >= 15 is 0 Å². The maximum absolute atomic E-state index is 12.2. The van der Waals surface area contributed by atoms with Gasteiger partial charge in [0, 0.05) is 11.6 Å². The van der Waals surface area contributed by atoms with Crippen molar-refractivity contribution in [2.24, 2.45) is 11.8 Å². The van der Waals surface area contributed by atoms with Crippen molar-refractivity contribution in [3.05, 3.63) is 29.3 Å². The monoisotopic (exact) mass is 261 g/mol. The number of aryl methyl sites for hydroxylation is 1. The van der Waals surface area contributed by atoms with E-state index in [1.54, 1.807) is 25.1 Å². The Morgan fingerprint density at radius 2 is 2.00 bits per heavy atom. The van der Waals surface area contributed by atoms with E-state index in [9.17, 15) is 9.90 Å². The summed E-state index contributed by atoms with van der Waals surface area (Å²) in [6.45, 7) is 6.34. The third-order valence-electron chi connectivity index (χ3n) is 4.39. The number of hydrogen-bond acceptors (Lipinski definition) is 2. The Labute approximate surface area is 115 Å². The van der Waals surface area contributed by atoms with Gasteiger partial charge in [-0.2, -0.15) is 0 Å². The van der Waals surface area contributed by atoms with Gasteiger partial charge in [-0.05, 0) is 61.8 Å². The van der Waals surface area contributed by atoms with Crippen LogP contribution in [0.15, 0.2) is 18.2 Å². The third-order valence-corrected chi connectivity index (χ3v) is 4.39. The molecule has 1 aromatic carbocycles. The van der Waals surface area contributed by atoms with Crippen LogP contribution in [0.5, 0.6) is 5.75 Å². The lowest BCUT2D eigenvalue weighted by atomic mass is 9.79. The van der Waals surface area contributed by atoms with Crippen LogP contribution in [0.25, 0.3) is 0 Å². The van der Waals surface area contributed by atoms with Crippen LogP contribution in [0.4, 0.5) is 0 Å². The number of hydrogen-bond donors (Lipinski definition) is 2. The number of carbonyl (C=O) groups is 1. The summed E-state index contributed by atoms with van der Waals surface area (Å²) >= 11 is 0. The van der Waals surface area contributed by atoms with Gasteiger partial charge in [-0.15, -0.1) is 0 Å². The lowest BCUT2D eigenvalue weighted by molar-refractivity contribution is 0.0910. The zero-order valence-corrected chi connectivity index (χ0v) is 11.9. The molecule has 2 N–H and O–H groups in total. The van der Waals surface area contributed by atoms with Crippen molar-refractivity contribution in [1.29, 1.82) is 0 Å². The fourth-order valence-corrected chi connectivity index (χ4v) is 2.74. The van der Waals surface area contributed by atoms with Crippen molar-refractivity contribution < 1.29 is 9.90 Å². The van der Waals surface area contributed by atoms with E-state index in [0.29, 0.717) is 11.5 Å². The van der Waals surface area contributed by atoms with E-state index in [0.717, 1.165) is 24.3 Å². The van der Waals surface area contributed by atoms with Crippen LogP contribution in [0.2, 0.25) is 0 Å². The van der Waals surface area contributed by atoms with Gasteiger partial charge in [0.2, 0.25) is 0 Å². The summed E-state index contributed by atoms with van der Waals surface area (Å²) in [5.74, 6) is 1.62. The molecule has 1 aliphatic carbocycles. The van der Waals surface area contributed by atoms with Gasteiger partial charge in [0.1, 0.15) is 5.75 Å². The summed E-state index contributed by atoms with van der Waals surface area (Å²) in [4.78, 5) is 12.2. The van der Waals surface area contributed by atoms with Gasteiger partial charge in [-0.3, -0.25) is 4.79 Å². The number of phenolic OH excluding ortho intramolecular Hbond substituents is 1. The number of rotatable bonds is 2. The molecule has 0 bridgehead atoms. The first-order valence-electron chi connectivity index (χ1n) is 7.08. The highest BCUT2D eigenvalue weighted by Gasteiger charge is 2.25. The van der Waals surface area contributed by atoms with Crippen molar-refractivity contribution in [1.82, 2.24) is 5.32 Å². The quantitative estimate of drug-likeness (QED) is 0.858. The van der Waals surface area contributed by atoms with E-state index < -0.39 is 0 Å². The first-order valence-corrected chi connectivity index (χ1v) is 7.08. The molecule has 0 spiro atoms. The molecule has 1 saturated carbocycles. The number of phenols is 1. The summed E-state index contributed by atoms with van der Waals surface area (Å²) in [7, 11) is 0. The topological polar surface area (TPSA) is 49.3 Å². The van der Waals surface area contributed by atoms with E-state index in [1.165, 1.54) is 6.42 Å². The van der Waals surface area contributed by atoms with Crippen LogP contribution in [-0.4, -0.2) is 17.1 Å². The summed E-state index contributed by atoms with van der Waals surface area (Å²) in [6.07, 6.45) is 3.30. The molecule has 3 heteroatoms. The molecule has 1 aliphatic rings. The highest BCUT2D eigenvalue weighted by Crippen LogP contribution is 2.29. The first kappa shape index (κ1) is 13.9. The molecule has 19 heavy (non-hydrogen) atoms. The Hall–Kier alpha value is -1.51. The Bertz CT molecular complexity index is 470. The summed E-state index contributed by atoms with van der Waals surface area (Å²) in [6, 6.07) is 5.27. The molecule has 1 amide bonds. The molecule has 0 heterocycles. The van der Waals surface area contributed by atoms with E-state index in [-0.39, 0.29) is 17.7 Å². The molecule has 3 atom stereocenters. The largest absolute Gasteiger partial charge is 0.508 e. The highest BCUT2D eigenvalue weighted by molar-refractivity contribution is 5.94. The minimum atomic E-state index is -0.0325. The summed E-state index contributed by atoms with van der Waals surface area (Å²) in [5.41, 5.74) is 1.36. The average Bonchev–Trinajstić information content (AvgIpc) is 2.37. The second-order valence-electron chi connectivity index (χ2n) is 5.94. The maximum atomic E-state index is 12.2. The molecular weight excluding hydrogens is 238 g/mol. The van der Waals surface area contributed by atoms with Crippen molar-refractivity contribution in [3.63, 3.8) is 0 Å². The Balaban J connectivity index is 1.99. The fraction of sp³-hybridized carbons (Fsp3) is 0.562. The van der Waals surface area contributed by atoms with E-state index in [1.807, 2.05) is 0 Å². The molecule has 1 fully saturated rings. The first-order chi connectivity index (χ1) is 8.97. The number of benzene rings is 1. The SMILES string of the molecule is Cc1cc(C(=O)NC2CCC(C)C(C)C2)ccc1O. The van der Waals surface area contributed by atoms with Gasteiger partial charge in [0.05, 0.1) is 0 Å². The molecule has 3 nitrogen and oxygen atoms in total. The van der Waals surface area contributed by atoms with Crippen LogP contribution in [0.3, 0.4) is 0 Å². The zero-order valence-electron chi connectivity index (χ0n) is 11.9. The molecule has 3 unspecified atom stereocenters. The Kier molecular flexibility index (Phi) is 4.13. The molecule has 104 valence electrons. The van der Waals surface area contributed by atoms with Gasteiger partial charge in [0.15, 0.2) is 0 Å². The van der Waals surface area contributed by atoms with Crippen LogP contribution >= 0.6 is 0 Å². The van der Waals surface area contributed by atoms with Gasteiger partial charge in [-0.25, -0.2) is 0 Å². The zero-order chi connectivity index (χ0) is 14.0. The minimum absolute atomic E-state index is 0.0325. The minimum Gasteiger partial charge on any atom is -0.508 e. The highest BCUT2D eigenvalue weighted by atomic mass is 16.3. The fourth-order valence-electron chi connectivity index (χ4n) is 2.74. The van der Waals surface area contributed by atoms with Crippen molar-refractivity contribution >= 4 is 5.91 Å². The average molecular weight is 261 g/mol. The lowest BCUT2D eigenvalue weighted by Crippen LogP contribution is -2.39. The Morgan fingerprint density at radius 3 is 2.63 bits per heavy atom. The predicted octanol–water partition coefficient (Wildman–Crippen LogP) is 3.26.